The third-order valence-electron chi connectivity index (χ3n) is 3.67. The predicted octanol–water partition coefficient (Wildman–Crippen LogP) is 1.66. The molecular formula is C16H22N2O2S. The minimum atomic E-state index is -3.50. The van der Waals surface area contributed by atoms with Crippen LogP contribution in [0.2, 0.25) is 0 Å². The maximum atomic E-state index is 12.9. The van der Waals surface area contributed by atoms with Crippen LogP contribution >= 0.6 is 0 Å². The highest BCUT2D eigenvalue weighted by atomic mass is 32.2. The number of nitrogens with zero attached hydrogens (tertiary/aromatic N) is 1. The summed E-state index contributed by atoms with van der Waals surface area (Å²) < 4.78 is 27.4. The van der Waals surface area contributed by atoms with E-state index in [1.807, 2.05) is 0 Å². The fraction of sp³-hybridized carbons (Fsp3) is 0.500. The molecule has 0 aliphatic carbocycles. The maximum absolute atomic E-state index is 12.9. The molecule has 2 N–H and O–H groups in total. The van der Waals surface area contributed by atoms with Gasteiger partial charge >= 0.3 is 0 Å². The van der Waals surface area contributed by atoms with Crippen molar-refractivity contribution in [1.29, 1.82) is 0 Å². The van der Waals surface area contributed by atoms with Gasteiger partial charge in [0, 0.05) is 18.7 Å². The second-order valence-electron chi connectivity index (χ2n) is 5.77. The van der Waals surface area contributed by atoms with Crippen LogP contribution in [0, 0.1) is 23.7 Å². The number of sulfonamides is 1. The molecule has 2 unspecified atom stereocenters. The van der Waals surface area contributed by atoms with Crippen molar-refractivity contribution in [2.75, 3.05) is 19.6 Å². The lowest BCUT2D eigenvalue weighted by atomic mass is 9.94. The van der Waals surface area contributed by atoms with Gasteiger partial charge in [-0.05, 0) is 30.4 Å². The van der Waals surface area contributed by atoms with Crippen LogP contribution in [-0.4, -0.2) is 32.4 Å². The average Bonchev–Trinajstić information content (AvgIpc) is 2.44. The number of nitrogens with two attached hydrogens (primary N) is 1. The Bertz CT molecular complexity index is 648. The van der Waals surface area contributed by atoms with Gasteiger partial charge in [0.2, 0.25) is 10.0 Å². The van der Waals surface area contributed by atoms with Crippen molar-refractivity contribution in [3.8, 4) is 11.8 Å². The molecule has 0 amide bonds. The number of benzene rings is 1. The van der Waals surface area contributed by atoms with E-state index in [2.05, 4.69) is 25.7 Å². The van der Waals surface area contributed by atoms with E-state index in [1.54, 1.807) is 28.6 Å². The molecule has 1 fully saturated rings. The summed E-state index contributed by atoms with van der Waals surface area (Å²) in [6.07, 6.45) is 1.07. The first kappa shape index (κ1) is 16.0. The molecule has 0 saturated carbocycles. The van der Waals surface area contributed by atoms with E-state index in [9.17, 15) is 8.42 Å². The van der Waals surface area contributed by atoms with Crippen LogP contribution in [0.15, 0.2) is 29.2 Å². The van der Waals surface area contributed by atoms with Crippen LogP contribution in [0.1, 0.15) is 25.8 Å². The summed E-state index contributed by atoms with van der Waals surface area (Å²) in [5, 5.41) is 0. The normalized spacial score (nSPS) is 23.4. The quantitative estimate of drug-likeness (QED) is 0.845. The molecular weight excluding hydrogens is 284 g/mol. The molecule has 5 heteroatoms. The van der Waals surface area contributed by atoms with Crippen molar-refractivity contribution < 1.29 is 8.42 Å². The van der Waals surface area contributed by atoms with E-state index in [0.717, 1.165) is 6.42 Å². The van der Waals surface area contributed by atoms with E-state index < -0.39 is 10.0 Å². The lowest BCUT2D eigenvalue weighted by Gasteiger charge is -2.34. The van der Waals surface area contributed by atoms with Crippen molar-refractivity contribution >= 4 is 10.0 Å². The average molecular weight is 306 g/mol. The molecule has 114 valence electrons. The Morgan fingerprint density at radius 2 is 1.86 bits per heavy atom. The number of rotatable bonds is 2. The molecule has 0 bridgehead atoms. The van der Waals surface area contributed by atoms with Crippen LogP contribution in [0.4, 0.5) is 0 Å². The summed E-state index contributed by atoms with van der Waals surface area (Å²) in [5.74, 6) is 6.35. The van der Waals surface area contributed by atoms with Gasteiger partial charge in [-0.1, -0.05) is 37.8 Å². The van der Waals surface area contributed by atoms with Gasteiger partial charge < -0.3 is 5.73 Å². The van der Waals surface area contributed by atoms with E-state index in [1.165, 1.54) is 0 Å². The minimum Gasteiger partial charge on any atom is -0.320 e. The van der Waals surface area contributed by atoms with E-state index >= 15 is 0 Å². The Balaban J connectivity index is 2.40. The Morgan fingerprint density at radius 3 is 2.48 bits per heavy atom. The Hall–Kier alpha value is -1.35. The summed E-state index contributed by atoms with van der Waals surface area (Å²) in [4.78, 5) is 0.284. The van der Waals surface area contributed by atoms with Crippen LogP contribution in [0.5, 0.6) is 0 Å². The molecule has 2 atom stereocenters. The molecule has 2 rings (SSSR count). The number of hydrogen-bond acceptors (Lipinski definition) is 3. The second-order valence-corrected chi connectivity index (χ2v) is 7.68. The molecule has 1 heterocycles. The highest BCUT2D eigenvalue weighted by molar-refractivity contribution is 7.89. The molecule has 1 aromatic carbocycles. The van der Waals surface area contributed by atoms with Gasteiger partial charge in [0.05, 0.1) is 11.4 Å². The Labute approximate surface area is 127 Å². The fourth-order valence-corrected chi connectivity index (χ4v) is 4.71. The first-order chi connectivity index (χ1) is 9.95. The Kier molecular flexibility index (Phi) is 5.04. The van der Waals surface area contributed by atoms with Gasteiger partial charge in [-0.3, -0.25) is 0 Å². The number of hydrogen-bond donors (Lipinski definition) is 1. The molecule has 0 aromatic heterocycles. The van der Waals surface area contributed by atoms with Crippen molar-refractivity contribution in [2.45, 2.75) is 25.2 Å². The summed E-state index contributed by atoms with van der Waals surface area (Å²) in [6.45, 7) is 5.55. The largest absolute Gasteiger partial charge is 0.320 e. The third-order valence-corrected chi connectivity index (χ3v) is 5.56. The van der Waals surface area contributed by atoms with Crippen LogP contribution in [0.3, 0.4) is 0 Å². The smallest absolute Gasteiger partial charge is 0.244 e. The molecule has 4 nitrogen and oxygen atoms in total. The van der Waals surface area contributed by atoms with E-state index in [-0.39, 0.29) is 11.4 Å². The Morgan fingerprint density at radius 1 is 1.24 bits per heavy atom. The summed E-state index contributed by atoms with van der Waals surface area (Å²) >= 11 is 0. The van der Waals surface area contributed by atoms with Crippen LogP contribution < -0.4 is 5.73 Å². The van der Waals surface area contributed by atoms with Gasteiger partial charge in [-0.2, -0.15) is 4.31 Å². The van der Waals surface area contributed by atoms with E-state index in [4.69, 9.17) is 5.73 Å². The number of piperidine rings is 1. The highest BCUT2D eigenvalue weighted by Crippen LogP contribution is 2.27. The van der Waals surface area contributed by atoms with Crippen molar-refractivity contribution in [2.24, 2.45) is 17.6 Å². The third kappa shape index (κ3) is 3.65. The zero-order valence-electron chi connectivity index (χ0n) is 12.5. The van der Waals surface area contributed by atoms with Crippen molar-refractivity contribution in [3.63, 3.8) is 0 Å². The minimum absolute atomic E-state index is 0.214. The standard InChI is InChI=1S/C16H22N2O2S/c1-13-10-14(2)12-18(11-13)21(19,20)16-8-4-3-6-15(16)7-5-9-17/h3-4,6,8,13-14H,9-12,17H2,1-2H3. The first-order valence-corrected chi connectivity index (χ1v) is 8.67. The van der Waals surface area contributed by atoms with E-state index in [0.29, 0.717) is 30.5 Å². The molecule has 1 saturated heterocycles. The van der Waals surface area contributed by atoms with Crippen molar-refractivity contribution in [1.82, 2.24) is 4.31 Å². The van der Waals surface area contributed by atoms with Gasteiger partial charge in [-0.25, -0.2) is 8.42 Å². The molecule has 1 aliphatic heterocycles. The van der Waals surface area contributed by atoms with Crippen LogP contribution in [-0.2, 0) is 10.0 Å². The van der Waals surface area contributed by atoms with Crippen LogP contribution in [0.25, 0.3) is 0 Å². The molecule has 21 heavy (non-hydrogen) atoms. The van der Waals surface area contributed by atoms with Gasteiger partial charge in [-0.15, -0.1) is 0 Å². The monoisotopic (exact) mass is 306 g/mol. The topological polar surface area (TPSA) is 63.4 Å². The maximum Gasteiger partial charge on any atom is 0.244 e. The summed E-state index contributed by atoms with van der Waals surface area (Å²) in [6, 6.07) is 6.88. The lowest BCUT2D eigenvalue weighted by Crippen LogP contribution is -2.42. The lowest BCUT2D eigenvalue weighted by molar-refractivity contribution is 0.222. The van der Waals surface area contributed by atoms with Gasteiger partial charge in [0.25, 0.3) is 0 Å². The molecule has 0 radical (unpaired) electrons. The first-order valence-electron chi connectivity index (χ1n) is 7.23. The SMILES string of the molecule is CC1CC(C)CN(S(=O)(=O)c2ccccc2C#CCN)C1. The zero-order chi connectivity index (χ0) is 15.5. The zero-order valence-corrected chi connectivity index (χ0v) is 13.4. The highest BCUT2D eigenvalue weighted by Gasteiger charge is 2.32. The molecule has 1 aliphatic rings. The summed E-state index contributed by atoms with van der Waals surface area (Å²) in [5.41, 5.74) is 5.90. The molecule has 1 aromatic rings. The predicted molar refractivity (Wildman–Crippen MR) is 84.1 cm³/mol. The van der Waals surface area contributed by atoms with Gasteiger partial charge in [0.1, 0.15) is 0 Å². The summed E-state index contributed by atoms with van der Waals surface area (Å²) in [7, 11) is -3.50. The van der Waals surface area contributed by atoms with Gasteiger partial charge in [0.15, 0.2) is 0 Å². The fourth-order valence-electron chi connectivity index (χ4n) is 2.88. The van der Waals surface area contributed by atoms with Crippen molar-refractivity contribution in [3.05, 3.63) is 29.8 Å². The second kappa shape index (κ2) is 6.61. The molecule has 0 spiro atoms.